The molecule has 0 bridgehead atoms. The van der Waals surface area contributed by atoms with E-state index < -0.39 is 9.44 Å². The standard InChI is InChI=1S/C14H10N2O3S/c17-11-15-20(19,16-12-18,13-7-3-1-4-8-13)14-9-5-2-6-10-14/h1-10H. The zero-order valence-electron chi connectivity index (χ0n) is 10.3. The molecule has 0 aliphatic rings. The third kappa shape index (κ3) is 2.04. The Bertz CT molecular complexity index is 707. The number of carbonyl (C=O) groups excluding carboxylic acids is 2. The van der Waals surface area contributed by atoms with Gasteiger partial charge < -0.3 is 0 Å². The molecule has 0 saturated heterocycles. The summed E-state index contributed by atoms with van der Waals surface area (Å²) >= 11 is 0. The minimum Gasteiger partial charge on any atom is -0.229 e. The first-order valence-corrected chi connectivity index (χ1v) is 7.50. The predicted molar refractivity (Wildman–Crippen MR) is 73.8 cm³/mol. The van der Waals surface area contributed by atoms with Gasteiger partial charge in [-0.25, -0.2) is 13.8 Å². The van der Waals surface area contributed by atoms with E-state index in [-0.39, 0.29) is 9.79 Å². The van der Waals surface area contributed by atoms with Gasteiger partial charge in [-0.3, -0.25) is 0 Å². The molecule has 0 aliphatic carbocycles. The van der Waals surface area contributed by atoms with Gasteiger partial charge in [0.05, 0.1) is 9.79 Å². The van der Waals surface area contributed by atoms with E-state index in [9.17, 15) is 13.8 Å². The predicted octanol–water partition coefficient (Wildman–Crippen LogP) is 2.43. The summed E-state index contributed by atoms with van der Waals surface area (Å²) in [6.07, 6.45) is 2.54. The van der Waals surface area contributed by atoms with Crippen molar-refractivity contribution in [2.75, 3.05) is 0 Å². The number of nitrogens with zero attached hydrogens (tertiary/aromatic N) is 2. The van der Waals surface area contributed by atoms with Crippen molar-refractivity contribution in [2.45, 2.75) is 9.79 Å². The average molecular weight is 286 g/mol. The highest BCUT2D eigenvalue weighted by atomic mass is 32.3. The fourth-order valence-corrected chi connectivity index (χ4v) is 4.14. The zero-order valence-corrected chi connectivity index (χ0v) is 11.1. The molecule has 0 atom stereocenters. The molecule has 6 heteroatoms. The average Bonchev–Trinajstić information content (AvgIpc) is 2.50. The first-order valence-electron chi connectivity index (χ1n) is 5.62. The summed E-state index contributed by atoms with van der Waals surface area (Å²) in [7, 11) is -4.59. The van der Waals surface area contributed by atoms with Crippen molar-refractivity contribution in [3.05, 3.63) is 60.7 Å². The summed E-state index contributed by atoms with van der Waals surface area (Å²) in [4.78, 5) is 21.9. The summed E-state index contributed by atoms with van der Waals surface area (Å²) in [5, 5.41) is 0. The van der Waals surface area contributed by atoms with Crippen LogP contribution in [0.15, 0.2) is 79.3 Å². The highest BCUT2D eigenvalue weighted by molar-refractivity contribution is 8.18. The lowest BCUT2D eigenvalue weighted by atomic mass is 10.4. The molecule has 2 rings (SSSR count). The molecule has 0 aromatic heterocycles. The third-order valence-corrected chi connectivity index (χ3v) is 5.82. The van der Waals surface area contributed by atoms with Crippen LogP contribution < -0.4 is 0 Å². The smallest absolute Gasteiger partial charge is 0.229 e. The molecule has 0 heterocycles. The van der Waals surface area contributed by atoms with Gasteiger partial charge >= 0.3 is 0 Å². The van der Waals surface area contributed by atoms with E-state index in [0.717, 1.165) is 0 Å². The summed E-state index contributed by atoms with van der Waals surface area (Å²) < 4.78 is 20.4. The van der Waals surface area contributed by atoms with Gasteiger partial charge in [0.15, 0.2) is 0 Å². The van der Waals surface area contributed by atoms with Crippen molar-refractivity contribution < 1.29 is 13.8 Å². The van der Waals surface area contributed by atoms with Gasteiger partial charge in [-0.15, -0.1) is 0 Å². The first-order chi connectivity index (χ1) is 9.64. The summed E-state index contributed by atoms with van der Waals surface area (Å²) in [6.45, 7) is 0. The van der Waals surface area contributed by atoms with E-state index in [2.05, 4.69) is 8.80 Å². The Labute approximate surface area is 115 Å². The summed E-state index contributed by atoms with van der Waals surface area (Å²) in [6, 6.07) is 15.8. The highest BCUT2D eigenvalue weighted by Gasteiger charge is 2.41. The Morgan fingerprint density at radius 3 is 1.35 bits per heavy atom. The minimum absolute atomic E-state index is 0.141. The zero-order chi connectivity index (χ0) is 14.5. The van der Waals surface area contributed by atoms with Gasteiger partial charge in [-0.1, -0.05) is 45.2 Å². The topological polar surface area (TPSA) is 75.9 Å². The molecule has 0 N–H and O–H groups in total. The van der Waals surface area contributed by atoms with Gasteiger partial charge in [-0.2, -0.15) is 0 Å². The maximum Gasteiger partial charge on any atom is 0.250 e. The Hall–Kier alpha value is -2.65. The van der Waals surface area contributed by atoms with Gasteiger partial charge in [0.1, 0.15) is 9.44 Å². The van der Waals surface area contributed by atoms with Crippen LogP contribution in [-0.2, 0) is 19.0 Å². The van der Waals surface area contributed by atoms with Gasteiger partial charge in [-0.05, 0) is 24.3 Å². The van der Waals surface area contributed by atoms with E-state index >= 15 is 0 Å². The van der Waals surface area contributed by atoms with Crippen LogP contribution in [0.5, 0.6) is 0 Å². The van der Waals surface area contributed by atoms with Crippen LogP contribution in [0.25, 0.3) is 0 Å². The SMILES string of the molecule is O=C=NS(=O)(N=C=O)(c1ccccc1)c1ccccc1. The fraction of sp³-hybridized carbons (Fsp3) is 0. The van der Waals surface area contributed by atoms with Crippen molar-refractivity contribution in [3.63, 3.8) is 0 Å². The van der Waals surface area contributed by atoms with E-state index in [1.54, 1.807) is 36.4 Å². The van der Waals surface area contributed by atoms with Crippen molar-refractivity contribution >= 4 is 21.6 Å². The lowest BCUT2D eigenvalue weighted by Crippen LogP contribution is -2.27. The highest BCUT2D eigenvalue weighted by Crippen LogP contribution is 2.45. The minimum atomic E-state index is -4.59. The Kier molecular flexibility index (Phi) is 3.55. The van der Waals surface area contributed by atoms with E-state index in [4.69, 9.17) is 0 Å². The normalized spacial score (nSPS) is 12.3. The van der Waals surface area contributed by atoms with E-state index in [1.807, 2.05) is 0 Å². The number of rotatable bonds is 4. The van der Waals surface area contributed by atoms with Crippen LogP contribution >= 0.6 is 0 Å². The van der Waals surface area contributed by atoms with Gasteiger partial charge in [0.25, 0.3) is 0 Å². The van der Waals surface area contributed by atoms with Crippen molar-refractivity contribution in [3.8, 4) is 0 Å². The van der Waals surface area contributed by atoms with Crippen molar-refractivity contribution in [1.82, 2.24) is 0 Å². The van der Waals surface area contributed by atoms with Gasteiger partial charge in [0, 0.05) is 0 Å². The van der Waals surface area contributed by atoms with E-state index in [1.165, 1.54) is 36.4 Å². The maximum absolute atomic E-state index is 13.5. The Balaban J connectivity index is 2.97. The largest absolute Gasteiger partial charge is 0.250 e. The molecule has 0 unspecified atom stereocenters. The van der Waals surface area contributed by atoms with Crippen molar-refractivity contribution in [2.24, 2.45) is 8.80 Å². The monoisotopic (exact) mass is 286 g/mol. The molecule has 0 radical (unpaired) electrons. The molecule has 20 heavy (non-hydrogen) atoms. The number of benzene rings is 2. The molecule has 0 aliphatic heterocycles. The molecule has 0 saturated carbocycles. The molecule has 5 nitrogen and oxygen atoms in total. The molecular formula is C14H10N2O3S. The second-order valence-electron chi connectivity index (χ2n) is 3.86. The number of hydrogen-bond acceptors (Lipinski definition) is 3. The number of hydrogen-bond donors (Lipinski definition) is 0. The summed E-state index contributed by atoms with van der Waals surface area (Å²) in [5.41, 5.74) is 0. The van der Waals surface area contributed by atoms with Crippen LogP contribution in [0.4, 0.5) is 0 Å². The van der Waals surface area contributed by atoms with Crippen LogP contribution in [-0.4, -0.2) is 16.4 Å². The second-order valence-corrected chi connectivity index (χ2v) is 6.89. The van der Waals surface area contributed by atoms with E-state index in [0.29, 0.717) is 0 Å². The maximum atomic E-state index is 13.5. The Morgan fingerprint density at radius 2 is 1.05 bits per heavy atom. The lowest BCUT2D eigenvalue weighted by Gasteiger charge is -2.31. The van der Waals surface area contributed by atoms with Crippen LogP contribution in [0.3, 0.4) is 0 Å². The lowest BCUT2D eigenvalue weighted by molar-refractivity contribution is 0.564. The second kappa shape index (κ2) is 5.15. The fourth-order valence-electron chi connectivity index (χ4n) is 1.84. The molecule has 0 amide bonds. The van der Waals surface area contributed by atoms with Gasteiger partial charge in [0.2, 0.25) is 12.2 Å². The molecule has 0 spiro atoms. The molecular weight excluding hydrogens is 276 g/mol. The Morgan fingerprint density at radius 1 is 0.700 bits per heavy atom. The quantitative estimate of drug-likeness (QED) is 0.639. The van der Waals surface area contributed by atoms with Crippen LogP contribution in [0.1, 0.15) is 0 Å². The van der Waals surface area contributed by atoms with Crippen LogP contribution in [0.2, 0.25) is 0 Å². The third-order valence-electron chi connectivity index (χ3n) is 2.75. The first kappa shape index (κ1) is 13.8. The molecule has 0 fully saturated rings. The summed E-state index contributed by atoms with van der Waals surface area (Å²) in [5.74, 6) is 0. The molecule has 100 valence electrons. The molecule has 2 aromatic carbocycles. The van der Waals surface area contributed by atoms with Crippen molar-refractivity contribution in [1.29, 1.82) is 0 Å². The number of isocyanates is 2. The molecule has 2 aromatic rings. The van der Waals surface area contributed by atoms with Crippen LogP contribution in [0, 0.1) is 0 Å².